The highest BCUT2D eigenvalue weighted by atomic mass is 32.1. The van der Waals surface area contributed by atoms with Crippen LogP contribution < -0.4 is 5.56 Å². The number of aromatic hydroxyl groups is 1. The minimum absolute atomic E-state index is 0.115. The van der Waals surface area contributed by atoms with Crippen LogP contribution in [-0.4, -0.2) is 9.67 Å². The van der Waals surface area contributed by atoms with Crippen molar-refractivity contribution in [1.82, 2.24) is 4.57 Å². The molecule has 0 fully saturated rings. The number of hydrogen-bond acceptors (Lipinski definition) is 3. The fourth-order valence-electron chi connectivity index (χ4n) is 3.26. The van der Waals surface area contributed by atoms with E-state index < -0.39 is 0 Å². The van der Waals surface area contributed by atoms with Crippen LogP contribution in [0.4, 0.5) is 0 Å². The minimum Gasteiger partial charge on any atom is -0.506 e. The highest BCUT2D eigenvalue weighted by molar-refractivity contribution is 7.18. The first-order chi connectivity index (χ1) is 11.0. The Morgan fingerprint density at radius 1 is 1.17 bits per heavy atom. The summed E-state index contributed by atoms with van der Waals surface area (Å²) in [5.74, 6) is 0.130. The van der Waals surface area contributed by atoms with Crippen molar-refractivity contribution in [1.29, 1.82) is 0 Å². The van der Waals surface area contributed by atoms with Crippen LogP contribution >= 0.6 is 11.3 Å². The van der Waals surface area contributed by atoms with Crippen LogP contribution in [0.3, 0.4) is 0 Å². The van der Waals surface area contributed by atoms with Gasteiger partial charge in [-0.3, -0.25) is 9.36 Å². The maximum Gasteiger partial charge on any atom is 0.263 e. The molecule has 120 valence electrons. The van der Waals surface area contributed by atoms with E-state index in [1.54, 1.807) is 15.9 Å². The molecular formula is C19H21NO2S. The van der Waals surface area contributed by atoms with Crippen molar-refractivity contribution in [2.45, 2.75) is 40.7 Å². The van der Waals surface area contributed by atoms with Crippen molar-refractivity contribution >= 4 is 21.6 Å². The Bertz CT molecular complexity index is 950. The predicted octanol–water partition coefficient (Wildman–Crippen LogP) is 4.63. The van der Waals surface area contributed by atoms with E-state index in [2.05, 4.69) is 13.8 Å². The Labute approximate surface area is 139 Å². The van der Waals surface area contributed by atoms with Gasteiger partial charge in [0.15, 0.2) is 0 Å². The van der Waals surface area contributed by atoms with Gasteiger partial charge >= 0.3 is 0 Å². The molecule has 0 bridgehead atoms. The monoisotopic (exact) mass is 327 g/mol. The van der Waals surface area contributed by atoms with Crippen molar-refractivity contribution in [2.24, 2.45) is 0 Å². The van der Waals surface area contributed by atoms with Gasteiger partial charge in [0, 0.05) is 11.4 Å². The molecule has 2 aromatic heterocycles. The Hall–Kier alpha value is -2.07. The van der Waals surface area contributed by atoms with E-state index in [9.17, 15) is 9.90 Å². The van der Waals surface area contributed by atoms with Crippen LogP contribution in [0.5, 0.6) is 5.75 Å². The summed E-state index contributed by atoms with van der Waals surface area (Å²) in [5, 5.41) is 11.8. The van der Waals surface area contributed by atoms with E-state index in [1.165, 1.54) is 4.88 Å². The number of fused-ring (bicyclic) bond motifs is 1. The molecule has 0 aliphatic carbocycles. The zero-order chi connectivity index (χ0) is 16.7. The molecule has 23 heavy (non-hydrogen) atoms. The smallest absolute Gasteiger partial charge is 0.263 e. The standard InChI is InChI=1S/C19H21NO2S/c1-5-13-12(4)23-19-16(13)17(21)15(18(22)20(19)6-2)14-10-8-7-9-11(14)3/h7-10,21H,5-6H2,1-4H3. The minimum atomic E-state index is -0.115. The van der Waals surface area contributed by atoms with Crippen LogP contribution in [-0.2, 0) is 13.0 Å². The van der Waals surface area contributed by atoms with Crippen molar-refractivity contribution in [3.8, 4) is 16.9 Å². The van der Waals surface area contributed by atoms with Crippen molar-refractivity contribution in [3.63, 3.8) is 0 Å². The third-order valence-corrected chi connectivity index (χ3v) is 5.62. The highest BCUT2D eigenvalue weighted by Crippen LogP contribution is 2.41. The maximum atomic E-state index is 13.0. The van der Waals surface area contributed by atoms with Crippen LogP contribution in [0.25, 0.3) is 21.3 Å². The Balaban J connectivity index is 2.54. The molecule has 0 saturated heterocycles. The topological polar surface area (TPSA) is 42.2 Å². The normalized spacial score (nSPS) is 11.3. The first-order valence-corrected chi connectivity index (χ1v) is 8.76. The van der Waals surface area contributed by atoms with Crippen molar-refractivity contribution < 1.29 is 5.11 Å². The van der Waals surface area contributed by atoms with E-state index in [-0.39, 0.29) is 11.3 Å². The van der Waals surface area contributed by atoms with E-state index in [0.29, 0.717) is 12.1 Å². The molecule has 4 heteroatoms. The lowest BCUT2D eigenvalue weighted by Gasteiger charge is -2.13. The lowest BCUT2D eigenvalue weighted by molar-refractivity contribution is 0.481. The van der Waals surface area contributed by atoms with Crippen LogP contribution in [0.1, 0.15) is 29.9 Å². The molecule has 3 nitrogen and oxygen atoms in total. The number of pyridine rings is 1. The van der Waals surface area contributed by atoms with E-state index >= 15 is 0 Å². The molecular weight excluding hydrogens is 306 g/mol. The molecule has 0 atom stereocenters. The summed E-state index contributed by atoms with van der Waals surface area (Å²) in [6.07, 6.45) is 0.842. The van der Waals surface area contributed by atoms with Gasteiger partial charge in [0.05, 0.1) is 10.9 Å². The van der Waals surface area contributed by atoms with Gasteiger partial charge in [-0.05, 0) is 43.9 Å². The zero-order valence-corrected chi connectivity index (χ0v) is 14.8. The summed E-state index contributed by atoms with van der Waals surface area (Å²) in [7, 11) is 0. The molecule has 2 heterocycles. The van der Waals surface area contributed by atoms with E-state index in [4.69, 9.17) is 0 Å². The number of nitrogens with zero attached hydrogens (tertiary/aromatic N) is 1. The Kier molecular flexibility index (Phi) is 4.02. The van der Waals surface area contributed by atoms with Gasteiger partial charge in [0.2, 0.25) is 0 Å². The predicted molar refractivity (Wildman–Crippen MR) is 97.7 cm³/mol. The van der Waals surface area contributed by atoms with Gasteiger partial charge in [-0.25, -0.2) is 0 Å². The molecule has 0 unspecified atom stereocenters. The number of hydrogen-bond donors (Lipinski definition) is 1. The van der Waals surface area contributed by atoms with Crippen molar-refractivity contribution in [3.05, 3.63) is 50.6 Å². The summed E-state index contributed by atoms with van der Waals surface area (Å²) >= 11 is 1.59. The second-order valence-corrected chi connectivity index (χ2v) is 6.96. The van der Waals surface area contributed by atoms with Gasteiger partial charge in [0.1, 0.15) is 10.6 Å². The molecule has 1 N–H and O–H groups in total. The van der Waals surface area contributed by atoms with Gasteiger partial charge < -0.3 is 5.11 Å². The Morgan fingerprint density at radius 3 is 2.48 bits per heavy atom. The average molecular weight is 327 g/mol. The molecule has 0 radical (unpaired) electrons. The SMILES string of the molecule is CCc1c(C)sc2c1c(O)c(-c1ccccc1C)c(=O)n2CC. The summed E-state index contributed by atoms with van der Waals surface area (Å²) in [5.41, 5.74) is 3.25. The summed E-state index contributed by atoms with van der Waals surface area (Å²) in [6.45, 7) is 8.68. The average Bonchev–Trinajstić information content (AvgIpc) is 2.86. The lowest BCUT2D eigenvalue weighted by Crippen LogP contribution is -2.21. The summed E-state index contributed by atoms with van der Waals surface area (Å²) < 4.78 is 1.79. The third kappa shape index (κ3) is 2.29. The first kappa shape index (κ1) is 15.8. The van der Waals surface area contributed by atoms with Gasteiger partial charge in [-0.2, -0.15) is 0 Å². The maximum absolute atomic E-state index is 13.0. The van der Waals surface area contributed by atoms with Crippen LogP contribution in [0, 0.1) is 13.8 Å². The number of benzene rings is 1. The number of aromatic nitrogens is 1. The number of aryl methyl sites for hydroxylation is 4. The zero-order valence-electron chi connectivity index (χ0n) is 13.9. The quantitative estimate of drug-likeness (QED) is 0.762. The van der Waals surface area contributed by atoms with Crippen LogP contribution in [0.15, 0.2) is 29.1 Å². The lowest BCUT2D eigenvalue weighted by atomic mass is 9.98. The number of rotatable bonds is 3. The second-order valence-electron chi connectivity index (χ2n) is 5.76. The summed E-state index contributed by atoms with van der Waals surface area (Å²) in [4.78, 5) is 15.1. The summed E-state index contributed by atoms with van der Waals surface area (Å²) in [6, 6.07) is 7.72. The number of thiophene rings is 1. The third-order valence-electron chi connectivity index (χ3n) is 4.45. The molecule has 3 aromatic rings. The van der Waals surface area contributed by atoms with E-state index in [0.717, 1.165) is 33.3 Å². The van der Waals surface area contributed by atoms with Gasteiger partial charge in [0.25, 0.3) is 5.56 Å². The van der Waals surface area contributed by atoms with Gasteiger partial charge in [-0.1, -0.05) is 31.2 Å². The van der Waals surface area contributed by atoms with Crippen LogP contribution in [0.2, 0.25) is 0 Å². The molecule has 0 spiro atoms. The molecule has 0 amide bonds. The second kappa shape index (κ2) is 5.85. The van der Waals surface area contributed by atoms with Crippen molar-refractivity contribution in [2.75, 3.05) is 0 Å². The van der Waals surface area contributed by atoms with Gasteiger partial charge in [-0.15, -0.1) is 11.3 Å². The van der Waals surface area contributed by atoms with E-state index in [1.807, 2.05) is 38.1 Å². The largest absolute Gasteiger partial charge is 0.506 e. The first-order valence-electron chi connectivity index (χ1n) is 7.94. The fraction of sp³-hybridized carbons (Fsp3) is 0.316. The molecule has 0 aliphatic heterocycles. The molecule has 0 saturated carbocycles. The fourth-order valence-corrected chi connectivity index (χ4v) is 4.56. The molecule has 0 aliphatic rings. The highest BCUT2D eigenvalue weighted by Gasteiger charge is 2.22. The Morgan fingerprint density at radius 2 is 1.87 bits per heavy atom. The molecule has 3 rings (SSSR count). The molecule has 1 aromatic carbocycles.